The van der Waals surface area contributed by atoms with Crippen molar-refractivity contribution in [3.63, 3.8) is 0 Å². The summed E-state index contributed by atoms with van der Waals surface area (Å²) < 4.78 is 1.16. The number of aryl methyl sites for hydroxylation is 3. The van der Waals surface area contributed by atoms with Gasteiger partial charge in [0.15, 0.2) is 5.82 Å². The summed E-state index contributed by atoms with van der Waals surface area (Å²) >= 11 is 3.61. The highest BCUT2D eigenvalue weighted by molar-refractivity contribution is 9.10. The molecule has 3 rings (SSSR count). The van der Waals surface area contributed by atoms with Gasteiger partial charge in [-0.1, -0.05) is 15.9 Å². The van der Waals surface area contributed by atoms with E-state index in [1.165, 1.54) is 28.8 Å². The van der Waals surface area contributed by atoms with Crippen LogP contribution in [-0.4, -0.2) is 17.0 Å². The Morgan fingerprint density at radius 2 is 1.80 bits per heavy atom. The summed E-state index contributed by atoms with van der Waals surface area (Å²) in [5.74, 6) is 1.81. The van der Waals surface area contributed by atoms with E-state index in [0.717, 1.165) is 34.5 Å². The average Bonchev–Trinajstić information content (AvgIpc) is 2.91. The van der Waals surface area contributed by atoms with Crippen LogP contribution >= 0.6 is 15.9 Å². The third-order valence-corrected chi connectivity index (χ3v) is 5.12. The summed E-state index contributed by atoms with van der Waals surface area (Å²) in [6, 6.07) is 4.29. The van der Waals surface area contributed by atoms with Crippen LogP contribution in [0.25, 0.3) is 11.4 Å². The van der Waals surface area contributed by atoms with Gasteiger partial charge in [-0.05, 0) is 56.4 Å². The van der Waals surface area contributed by atoms with Gasteiger partial charge in [0, 0.05) is 28.3 Å². The summed E-state index contributed by atoms with van der Waals surface area (Å²) in [7, 11) is 1.93. The van der Waals surface area contributed by atoms with Crippen molar-refractivity contribution >= 4 is 21.7 Å². The lowest BCUT2D eigenvalue weighted by Gasteiger charge is -2.11. The normalized spacial score (nSPS) is 13.4. The topological polar surface area (TPSA) is 37.8 Å². The van der Waals surface area contributed by atoms with Gasteiger partial charge in [-0.2, -0.15) is 0 Å². The molecule has 2 aromatic rings. The first-order chi connectivity index (χ1) is 9.60. The fourth-order valence-electron chi connectivity index (χ4n) is 2.84. The summed E-state index contributed by atoms with van der Waals surface area (Å²) in [5, 5.41) is 3.22. The number of fused-ring (bicyclic) bond motifs is 1. The van der Waals surface area contributed by atoms with Crippen molar-refractivity contribution in [2.24, 2.45) is 0 Å². The van der Waals surface area contributed by atoms with E-state index in [4.69, 9.17) is 9.97 Å². The van der Waals surface area contributed by atoms with Gasteiger partial charge in [-0.25, -0.2) is 9.97 Å². The van der Waals surface area contributed by atoms with Gasteiger partial charge < -0.3 is 5.32 Å². The van der Waals surface area contributed by atoms with Crippen molar-refractivity contribution < 1.29 is 0 Å². The van der Waals surface area contributed by atoms with Crippen molar-refractivity contribution in [3.05, 3.63) is 39.0 Å². The first-order valence-corrected chi connectivity index (χ1v) is 7.74. The third kappa shape index (κ3) is 2.22. The van der Waals surface area contributed by atoms with Crippen LogP contribution in [0.15, 0.2) is 16.6 Å². The van der Waals surface area contributed by atoms with Gasteiger partial charge in [0.2, 0.25) is 0 Å². The van der Waals surface area contributed by atoms with Crippen LogP contribution in [0.5, 0.6) is 0 Å². The van der Waals surface area contributed by atoms with Crippen LogP contribution in [0.4, 0.5) is 5.82 Å². The van der Waals surface area contributed by atoms with Crippen LogP contribution in [-0.2, 0) is 12.8 Å². The number of aromatic nitrogens is 2. The first kappa shape index (κ1) is 13.6. The Labute approximate surface area is 128 Å². The Kier molecular flexibility index (Phi) is 3.50. The highest BCUT2D eigenvalue weighted by atomic mass is 79.9. The number of benzene rings is 1. The molecule has 0 saturated heterocycles. The minimum Gasteiger partial charge on any atom is -0.373 e. The van der Waals surface area contributed by atoms with E-state index in [1.54, 1.807) is 0 Å². The lowest BCUT2D eigenvalue weighted by Crippen LogP contribution is -2.03. The molecule has 0 atom stereocenters. The number of rotatable bonds is 2. The molecule has 0 unspecified atom stereocenters. The number of hydrogen-bond donors (Lipinski definition) is 1. The molecule has 0 amide bonds. The minimum atomic E-state index is 0.828. The van der Waals surface area contributed by atoms with Crippen LogP contribution in [0.1, 0.15) is 28.8 Å². The lowest BCUT2D eigenvalue weighted by atomic mass is 10.1. The van der Waals surface area contributed by atoms with Gasteiger partial charge in [0.25, 0.3) is 0 Å². The number of anilines is 1. The van der Waals surface area contributed by atoms with E-state index in [9.17, 15) is 0 Å². The second kappa shape index (κ2) is 5.17. The molecule has 4 heteroatoms. The largest absolute Gasteiger partial charge is 0.373 e. The molecular weight excluding hydrogens is 314 g/mol. The van der Waals surface area contributed by atoms with E-state index >= 15 is 0 Å². The van der Waals surface area contributed by atoms with E-state index in [-0.39, 0.29) is 0 Å². The second-order valence-corrected chi connectivity index (χ2v) is 6.14. The molecule has 0 aliphatic heterocycles. The van der Waals surface area contributed by atoms with E-state index < -0.39 is 0 Å². The monoisotopic (exact) mass is 331 g/mol. The summed E-state index contributed by atoms with van der Waals surface area (Å²) in [5.41, 5.74) is 6.03. The number of halogens is 1. The Morgan fingerprint density at radius 1 is 1.10 bits per heavy atom. The van der Waals surface area contributed by atoms with Gasteiger partial charge in [-0.15, -0.1) is 0 Å². The number of hydrogen-bond acceptors (Lipinski definition) is 3. The SMILES string of the molecule is CNc1nc(-c2cc(C)c(Br)c(C)c2)nc2c1CCC2. The number of nitrogens with zero attached hydrogens (tertiary/aromatic N) is 2. The Balaban J connectivity index is 2.16. The first-order valence-electron chi connectivity index (χ1n) is 6.95. The second-order valence-electron chi connectivity index (χ2n) is 5.35. The highest BCUT2D eigenvalue weighted by Gasteiger charge is 2.19. The molecule has 1 aromatic heterocycles. The van der Waals surface area contributed by atoms with Crippen molar-refractivity contribution in [3.8, 4) is 11.4 Å². The van der Waals surface area contributed by atoms with Crippen LogP contribution in [0.3, 0.4) is 0 Å². The standard InChI is InChI=1S/C16H18BrN3/c1-9-7-11(8-10(2)14(9)17)15-19-13-6-4-5-12(13)16(18-3)20-15/h7-8H,4-6H2,1-3H3,(H,18,19,20). The van der Waals surface area contributed by atoms with Gasteiger partial charge in [0.1, 0.15) is 5.82 Å². The van der Waals surface area contributed by atoms with Crippen molar-refractivity contribution in [2.75, 3.05) is 12.4 Å². The molecule has 1 aromatic carbocycles. The van der Waals surface area contributed by atoms with Crippen LogP contribution in [0.2, 0.25) is 0 Å². The Bertz CT molecular complexity index is 657. The molecule has 104 valence electrons. The zero-order valence-electron chi connectivity index (χ0n) is 12.0. The molecule has 1 aliphatic carbocycles. The molecule has 1 aliphatic rings. The maximum atomic E-state index is 4.78. The zero-order valence-corrected chi connectivity index (χ0v) is 13.6. The molecule has 0 saturated carbocycles. The average molecular weight is 332 g/mol. The van der Waals surface area contributed by atoms with Gasteiger partial charge in [-0.3, -0.25) is 0 Å². The Hall–Kier alpha value is -1.42. The number of nitrogens with one attached hydrogen (secondary N) is 1. The predicted octanol–water partition coefficient (Wildman–Crippen LogP) is 4.05. The van der Waals surface area contributed by atoms with E-state index in [2.05, 4.69) is 47.2 Å². The van der Waals surface area contributed by atoms with Crippen molar-refractivity contribution in [1.29, 1.82) is 0 Å². The quantitative estimate of drug-likeness (QED) is 0.901. The van der Waals surface area contributed by atoms with Crippen LogP contribution in [0, 0.1) is 13.8 Å². The Morgan fingerprint density at radius 3 is 2.45 bits per heavy atom. The molecule has 0 radical (unpaired) electrons. The molecule has 20 heavy (non-hydrogen) atoms. The maximum Gasteiger partial charge on any atom is 0.161 e. The summed E-state index contributed by atoms with van der Waals surface area (Å²) in [6.07, 6.45) is 3.33. The molecule has 1 N–H and O–H groups in total. The molecule has 3 nitrogen and oxygen atoms in total. The van der Waals surface area contributed by atoms with Crippen molar-refractivity contribution in [1.82, 2.24) is 9.97 Å². The summed E-state index contributed by atoms with van der Waals surface area (Å²) in [6.45, 7) is 4.21. The fourth-order valence-corrected chi connectivity index (χ4v) is 3.07. The van der Waals surface area contributed by atoms with Crippen LogP contribution < -0.4 is 5.32 Å². The van der Waals surface area contributed by atoms with Crippen molar-refractivity contribution in [2.45, 2.75) is 33.1 Å². The lowest BCUT2D eigenvalue weighted by molar-refractivity contribution is 0.900. The molecular formula is C16H18BrN3. The minimum absolute atomic E-state index is 0.828. The van der Waals surface area contributed by atoms with Gasteiger partial charge >= 0.3 is 0 Å². The summed E-state index contributed by atoms with van der Waals surface area (Å²) in [4.78, 5) is 9.49. The molecule has 0 fully saturated rings. The smallest absolute Gasteiger partial charge is 0.161 e. The molecule has 1 heterocycles. The predicted molar refractivity (Wildman–Crippen MR) is 86.2 cm³/mol. The fraction of sp³-hybridized carbons (Fsp3) is 0.375. The molecule has 0 bridgehead atoms. The third-order valence-electron chi connectivity index (χ3n) is 3.86. The highest BCUT2D eigenvalue weighted by Crippen LogP contribution is 2.31. The van der Waals surface area contributed by atoms with Gasteiger partial charge in [0.05, 0.1) is 0 Å². The van der Waals surface area contributed by atoms with E-state index in [0.29, 0.717) is 0 Å². The molecule has 0 spiro atoms. The van der Waals surface area contributed by atoms with E-state index in [1.807, 2.05) is 7.05 Å². The maximum absolute atomic E-state index is 4.78. The zero-order chi connectivity index (χ0) is 14.3.